The molecule has 0 saturated heterocycles. The first kappa shape index (κ1) is 16.1. The highest BCUT2D eigenvalue weighted by Gasteiger charge is 2.33. The number of rotatable bonds is 7. The van der Waals surface area contributed by atoms with Crippen molar-refractivity contribution in [3.05, 3.63) is 65.7 Å². The van der Waals surface area contributed by atoms with Gasteiger partial charge in [0, 0.05) is 0 Å². The maximum Gasteiger partial charge on any atom is 0.258 e. The summed E-state index contributed by atoms with van der Waals surface area (Å²) in [7, 11) is 0. The van der Waals surface area contributed by atoms with Crippen molar-refractivity contribution in [2.24, 2.45) is 11.7 Å². The third kappa shape index (κ3) is 3.93. The minimum atomic E-state index is -0.578. The number of hydrogen-bond donors (Lipinski definition) is 2. The standard InChI is InChI=1S/C19H20N2O3/c20-19(23)15-8-4-5-9-16(15)24-12-17(22)21-18(14-10-11-14)13-6-2-1-3-7-13/h1-9,14,18H,10-12H2,(H2,20,23)(H,21,22)/t18-/m1/s1. The van der Waals surface area contributed by atoms with Crippen molar-refractivity contribution in [3.8, 4) is 5.75 Å². The molecule has 24 heavy (non-hydrogen) atoms. The van der Waals surface area contributed by atoms with Crippen LogP contribution in [0.5, 0.6) is 5.75 Å². The van der Waals surface area contributed by atoms with Gasteiger partial charge in [-0.15, -0.1) is 0 Å². The molecule has 0 heterocycles. The van der Waals surface area contributed by atoms with E-state index in [1.54, 1.807) is 24.3 Å². The first-order valence-electron chi connectivity index (χ1n) is 8.01. The molecule has 0 aliphatic heterocycles. The Hall–Kier alpha value is -2.82. The molecule has 2 amide bonds. The van der Waals surface area contributed by atoms with Gasteiger partial charge in [0.2, 0.25) is 0 Å². The molecule has 1 fully saturated rings. The fourth-order valence-corrected chi connectivity index (χ4v) is 2.72. The first-order chi connectivity index (χ1) is 11.6. The average molecular weight is 324 g/mol. The van der Waals surface area contributed by atoms with Gasteiger partial charge in [-0.2, -0.15) is 0 Å². The minimum absolute atomic E-state index is 0.00804. The van der Waals surface area contributed by atoms with E-state index in [0.29, 0.717) is 11.7 Å². The molecule has 1 saturated carbocycles. The van der Waals surface area contributed by atoms with E-state index in [1.807, 2.05) is 30.3 Å². The third-order valence-electron chi connectivity index (χ3n) is 4.08. The SMILES string of the molecule is NC(=O)c1ccccc1OCC(=O)N[C@H](c1ccccc1)C1CC1. The van der Waals surface area contributed by atoms with Crippen molar-refractivity contribution < 1.29 is 14.3 Å². The van der Waals surface area contributed by atoms with Gasteiger partial charge in [-0.1, -0.05) is 42.5 Å². The normalized spacial score (nSPS) is 14.7. The van der Waals surface area contributed by atoms with Crippen molar-refractivity contribution in [2.45, 2.75) is 18.9 Å². The molecule has 1 aliphatic carbocycles. The topological polar surface area (TPSA) is 81.4 Å². The lowest BCUT2D eigenvalue weighted by atomic mass is 10.0. The Balaban J connectivity index is 1.62. The second kappa shape index (κ2) is 7.17. The van der Waals surface area contributed by atoms with Gasteiger partial charge in [-0.3, -0.25) is 9.59 Å². The molecule has 2 aromatic carbocycles. The summed E-state index contributed by atoms with van der Waals surface area (Å²) in [5, 5.41) is 3.03. The maximum atomic E-state index is 12.3. The van der Waals surface area contributed by atoms with Crippen LogP contribution >= 0.6 is 0 Å². The zero-order valence-corrected chi connectivity index (χ0v) is 13.3. The Labute approximate surface area is 140 Å². The number of benzene rings is 2. The summed E-state index contributed by atoms with van der Waals surface area (Å²) < 4.78 is 5.48. The number of nitrogens with one attached hydrogen (secondary N) is 1. The monoisotopic (exact) mass is 324 g/mol. The molecule has 1 aliphatic rings. The first-order valence-corrected chi connectivity index (χ1v) is 8.01. The largest absolute Gasteiger partial charge is 0.483 e. The summed E-state index contributed by atoms with van der Waals surface area (Å²) in [6.07, 6.45) is 2.23. The van der Waals surface area contributed by atoms with Crippen LogP contribution in [0.25, 0.3) is 0 Å². The van der Waals surface area contributed by atoms with E-state index in [0.717, 1.165) is 18.4 Å². The van der Waals surface area contributed by atoms with Crippen LogP contribution in [0.2, 0.25) is 0 Å². The lowest BCUT2D eigenvalue weighted by Crippen LogP contribution is -2.34. The van der Waals surface area contributed by atoms with Crippen molar-refractivity contribution in [1.82, 2.24) is 5.32 Å². The minimum Gasteiger partial charge on any atom is -0.483 e. The van der Waals surface area contributed by atoms with Crippen molar-refractivity contribution in [1.29, 1.82) is 0 Å². The number of amides is 2. The van der Waals surface area contributed by atoms with Gasteiger partial charge in [0.25, 0.3) is 11.8 Å². The van der Waals surface area contributed by atoms with E-state index in [4.69, 9.17) is 10.5 Å². The molecule has 0 aromatic heterocycles. The number of hydrogen-bond acceptors (Lipinski definition) is 3. The summed E-state index contributed by atoms with van der Waals surface area (Å²) in [4.78, 5) is 23.6. The van der Waals surface area contributed by atoms with Crippen LogP contribution in [0.3, 0.4) is 0 Å². The van der Waals surface area contributed by atoms with Crippen LogP contribution in [-0.2, 0) is 4.79 Å². The van der Waals surface area contributed by atoms with Gasteiger partial charge < -0.3 is 15.8 Å². The molecule has 124 valence electrons. The third-order valence-corrected chi connectivity index (χ3v) is 4.08. The second-order valence-corrected chi connectivity index (χ2v) is 5.94. The van der Waals surface area contributed by atoms with Gasteiger partial charge in [-0.25, -0.2) is 0 Å². The number of carbonyl (C=O) groups is 2. The molecule has 3 rings (SSSR count). The molecular formula is C19H20N2O3. The van der Waals surface area contributed by atoms with E-state index in [2.05, 4.69) is 5.32 Å². The molecule has 0 radical (unpaired) electrons. The van der Waals surface area contributed by atoms with Crippen LogP contribution < -0.4 is 15.8 Å². The van der Waals surface area contributed by atoms with Gasteiger partial charge in [0.05, 0.1) is 11.6 Å². The zero-order valence-electron chi connectivity index (χ0n) is 13.3. The van der Waals surface area contributed by atoms with Gasteiger partial charge in [0.1, 0.15) is 5.75 Å². The lowest BCUT2D eigenvalue weighted by molar-refractivity contribution is -0.124. The van der Waals surface area contributed by atoms with Crippen LogP contribution in [0, 0.1) is 5.92 Å². The van der Waals surface area contributed by atoms with E-state index in [1.165, 1.54) is 0 Å². The van der Waals surface area contributed by atoms with E-state index < -0.39 is 5.91 Å². The Morgan fingerprint density at radius 3 is 2.42 bits per heavy atom. The molecule has 0 spiro atoms. The van der Waals surface area contributed by atoms with Gasteiger partial charge >= 0.3 is 0 Å². The molecular weight excluding hydrogens is 304 g/mol. The second-order valence-electron chi connectivity index (χ2n) is 5.94. The predicted octanol–water partition coefficient (Wildman–Crippen LogP) is 2.43. The summed E-state index contributed by atoms with van der Waals surface area (Å²) in [5.74, 6) is 0.0123. The fraction of sp³-hybridized carbons (Fsp3) is 0.263. The van der Waals surface area contributed by atoms with Crippen LogP contribution in [-0.4, -0.2) is 18.4 Å². The molecule has 2 aromatic rings. The smallest absolute Gasteiger partial charge is 0.258 e. The quantitative estimate of drug-likeness (QED) is 0.821. The molecule has 5 nitrogen and oxygen atoms in total. The summed E-state index contributed by atoms with van der Waals surface area (Å²) in [6.45, 7) is -0.152. The van der Waals surface area contributed by atoms with Crippen molar-refractivity contribution in [2.75, 3.05) is 6.61 Å². The van der Waals surface area contributed by atoms with E-state index in [-0.39, 0.29) is 24.1 Å². The lowest BCUT2D eigenvalue weighted by Gasteiger charge is -2.19. The molecule has 5 heteroatoms. The maximum absolute atomic E-state index is 12.3. The number of ether oxygens (including phenoxy) is 1. The molecule has 0 unspecified atom stereocenters. The zero-order chi connectivity index (χ0) is 16.9. The highest BCUT2D eigenvalue weighted by molar-refractivity contribution is 5.95. The van der Waals surface area contributed by atoms with E-state index >= 15 is 0 Å². The van der Waals surface area contributed by atoms with Gasteiger partial charge in [0.15, 0.2) is 6.61 Å². The van der Waals surface area contributed by atoms with Crippen molar-refractivity contribution in [3.63, 3.8) is 0 Å². The Kier molecular flexibility index (Phi) is 4.79. The Morgan fingerprint density at radius 1 is 1.08 bits per heavy atom. The highest BCUT2D eigenvalue weighted by atomic mass is 16.5. The predicted molar refractivity (Wildman–Crippen MR) is 90.5 cm³/mol. The molecule has 1 atom stereocenters. The Morgan fingerprint density at radius 2 is 1.75 bits per heavy atom. The molecule has 3 N–H and O–H groups in total. The summed E-state index contributed by atoms with van der Waals surface area (Å²) >= 11 is 0. The average Bonchev–Trinajstić information content (AvgIpc) is 3.43. The van der Waals surface area contributed by atoms with Gasteiger partial charge in [-0.05, 0) is 36.5 Å². The summed E-state index contributed by atoms with van der Waals surface area (Å²) in [5.41, 5.74) is 6.68. The van der Waals surface area contributed by atoms with Crippen LogP contribution in [0.15, 0.2) is 54.6 Å². The van der Waals surface area contributed by atoms with Crippen LogP contribution in [0.1, 0.15) is 34.8 Å². The number of primary amides is 1. The Bertz CT molecular complexity index is 726. The summed E-state index contributed by atoms with van der Waals surface area (Å²) in [6, 6.07) is 16.6. The fourth-order valence-electron chi connectivity index (χ4n) is 2.72. The number of nitrogens with two attached hydrogens (primary N) is 1. The van der Waals surface area contributed by atoms with Crippen LogP contribution in [0.4, 0.5) is 0 Å². The molecule has 0 bridgehead atoms. The highest BCUT2D eigenvalue weighted by Crippen LogP contribution is 2.40. The van der Waals surface area contributed by atoms with E-state index in [9.17, 15) is 9.59 Å². The van der Waals surface area contributed by atoms with Crippen molar-refractivity contribution >= 4 is 11.8 Å². The number of para-hydroxylation sites is 1. The number of carbonyl (C=O) groups excluding carboxylic acids is 2.